The Hall–Kier alpha value is -5.00. The summed E-state index contributed by atoms with van der Waals surface area (Å²) in [6, 6.07) is 7.27. The third-order valence-electron chi connectivity index (χ3n) is 6.85. The van der Waals surface area contributed by atoms with Crippen LogP contribution in [-0.4, -0.2) is 96.3 Å². The van der Waals surface area contributed by atoms with Gasteiger partial charge in [-0.05, 0) is 12.1 Å². The van der Waals surface area contributed by atoms with Crippen molar-refractivity contribution >= 4 is 17.5 Å². The molecule has 1 fully saturated rings. The SMILES string of the molecule is COc1cc(Nc2ncc(-c3cnc(OC)c(C(=O)NOCCN4CCOCC4)c3)c(-n3ccc(C(F)(F)F)n3)n2)cc(OC)c1. The Morgan fingerprint density at radius 1 is 1.00 bits per heavy atom. The average molecular weight is 645 g/mol. The van der Waals surface area contributed by atoms with Crippen LogP contribution in [0.4, 0.5) is 24.8 Å². The minimum atomic E-state index is -4.69. The number of carbonyl (C=O) groups excluding carboxylic acids is 1. The highest BCUT2D eigenvalue weighted by Gasteiger charge is 2.34. The fourth-order valence-electron chi connectivity index (χ4n) is 4.51. The van der Waals surface area contributed by atoms with E-state index >= 15 is 0 Å². The van der Waals surface area contributed by atoms with Crippen molar-refractivity contribution in [2.75, 3.05) is 66.1 Å². The molecule has 4 aromatic rings. The summed E-state index contributed by atoms with van der Waals surface area (Å²) >= 11 is 0. The summed E-state index contributed by atoms with van der Waals surface area (Å²) in [7, 11) is 4.34. The fourth-order valence-corrected chi connectivity index (χ4v) is 4.51. The van der Waals surface area contributed by atoms with E-state index in [4.69, 9.17) is 23.8 Å². The van der Waals surface area contributed by atoms with Crippen LogP contribution in [0.3, 0.4) is 0 Å². The lowest BCUT2D eigenvalue weighted by atomic mass is 10.1. The molecule has 244 valence electrons. The number of hydrogen-bond donors (Lipinski definition) is 2. The Labute approximate surface area is 261 Å². The number of aromatic nitrogens is 5. The number of methoxy groups -OCH3 is 3. The van der Waals surface area contributed by atoms with Crippen molar-refractivity contribution in [3.63, 3.8) is 0 Å². The van der Waals surface area contributed by atoms with Gasteiger partial charge in [0.05, 0.1) is 41.2 Å². The number of pyridine rings is 1. The summed E-state index contributed by atoms with van der Waals surface area (Å²) in [5.74, 6) is 0.347. The first-order valence-corrected chi connectivity index (χ1v) is 14.0. The highest BCUT2D eigenvalue weighted by molar-refractivity contribution is 5.97. The summed E-state index contributed by atoms with van der Waals surface area (Å²) in [5, 5.41) is 6.71. The van der Waals surface area contributed by atoms with Crippen LogP contribution >= 0.6 is 0 Å². The zero-order valence-corrected chi connectivity index (χ0v) is 25.1. The van der Waals surface area contributed by atoms with E-state index in [0.29, 0.717) is 42.5 Å². The highest BCUT2D eigenvalue weighted by Crippen LogP contribution is 2.33. The lowest BCUT2D eigenvalue weighted by Gasteiger charge is -2.26. The molecule has 1 aliphatic rings. The predicted octanol–water partition coefficient (Wildman–Crippen LogP) is 3.51. The molecule has 0 aliphatic carbocycles. The Morgan fingerprint density at radius 2 is 1.74 bits per heavy atom. The van der Waals surface area contributed by atoms with Crippen LogP contribution in [0.25, 0.3) is 16.9 Å². The molecule has 0 spiro atoms. The number of alkyl halides is 3. The van der Waals surface area contributed by atoms with E-state index < -0.39 is 17.8 Å². The number of carbonyl (C=O) groups is 1. The van der Waals surface area contributed by atoms with E-state index in [1.165, 1.54) is 39.8 Å². The summed E-state index contributed by atoms with van der Waals surface area (Å²) in [5.41, 5.74) is 2.30. The topological polar surface area (TPSA) is 147 Å². The van der Waals surface area contributed by atoms with Gasteiger partial charge < -0.3 is 24.3 Å². The standard InChI is InChI=1S/C29H31F3N8O6/c1-42-20-13-19(14-21(15-20)43-2)35-28-34-17-23(25(36-28)40-5-4-24(37-40)29(30,31)32)18-12-22(27(44-3)33-16-18)26(41)38-46-11-8-39-6-9-45-10-7-39/h4-5,12-17H,6-11H2,1-3H3,(H,38,41)(H,34,35,36). The summed E-state index contributed by atoms with van der Waals surface area (Å²) in [4.78, 5) is 33.7. The van der Waals surface area contributed by atoms with Crippen molar-refractivity contribution in [3.8, 4) is 34.3 Å². The molecule has 0 radical (unpaired) electrons. The molecule has 46 heavy (non-hydrogen) atoms. The van der Waals surface area contributed by atoms with Crippen LogP contribution in [0, 0.1) is 0 Å². The van der Waals surface area contributed by atoms with Gasteiger partial charge in [0.25, 0.3) is 5.91 Å². The fraction of sp³-hybridized carbons (Fsp3) is 0.345. The second-order valence-electron chi connectivity index (χ2n) is 9.82. The Bertz CT molecular complexity index is 1640. The predicted molar refractivity (Wildman–Crippen MR) is 157 cm³/mol. The highest BCUT2D eigenvalue weighted by atomic mass is 19.4. The van der Waals surface area contributed by atoms with Crippen molar-refractivity contribution < 1.29 is 41.8 Å². The van der Waals surface area contributed by atoms with Crippen molar-refractivity contribution in [1.82, 2.24) is 35.1 Å². The molecule has 1 saturated heterocycles. The van der Waals surface area contributed by atoms with Gasteiger partial charge in [0, 0.05) is 73.2 Å². The van der Waals surface area contributed by atoms with Crippen LogP contribution in [-0.2, 0) is 15.8 Å². The van der Waals surface area contributed by atoms with Gasteiger partial charge >= 0.3 is 6.18 Å². The number of hydrogen-bond acceptors (Lipinski definition) is 12. The molecule has 0 atom stereocenters. The largest absolute Gasteiger partial charge is 0.497 e. The zero-order valence-electron chi connectivity index (χ0n) is 25.1. The Morgan fingerprint density at radius 3 is 2.39 bits per heavy atom. The zero-order chi connectivity index (χ0) is 32.7. The van der Waals surface area contributed by atoms with Crippen LogP contribution in [0.2, 0.25) is 0 Å². The van der Waals surface area contributed by atoms with Gasteiger partial charge in [-0.2, -0.15) is 23.3 Å². The average Bonchev–Trinajstić information content (AvgIpc) is 3.58. The summed E-state index contributed by atoms with van der Waals surface area (Å²) in [6.45, 7) is 3.63. The number of morpholine rings is 1. The molecule has 0 unspecified atom stereocenters. The maximum atomic E-state index is 13.5. The van der Waals surface area contributed by atoms with Crippen LogP contribution in [0.1, 0.15) is 16.1 Å². The van der Waals surface area contributed by atoms with Gasteiger partial charge in [-0.1, -0.05) is 0 Å². The van der Waals surface area contributed by atoms with Crippen molar-refractivity contribution in [3.05, 3.63) is 60.2 Å². The van der Waals surface area contributed by atoms with Gasteiger partial charge in [-0.25, -0.2) is 20.1 Å². The number of hydroxylamine groups is 1. The third-order valence-corrected chi connectivity index (χ3v) is 6.85. The molecule has 1 aliphatic heterocycles. The third kappa shape index (κ3) is 7.79. The van der Waals surface area contributed by atoms with Crippen molar-refractivity contribution in [2.24, 2.45) is 0 Å². The van der Waals surface area contributed by atoms with Crippen LogP contribution in [0.5, 0.6) is 17.4 Å². The van der Waals surface area contributed by atoms with Gasteiger partial charge in [0.1, 0.15) is 17.1 Å². The lowest BCUT2D eigenvalue weighted by Crippen LogP contribution is -2.39. The number of anilines is 2. The molecule has 2 N–H and O–H groups in total. The first-order valence-electron chi connectivity index (χ1n) is 14.0. The molecule has 5 rings (SSSR count). The first kappa shape index (κ1) is 32.4. The molecular formula is C29H31F3N8O6. The first-order chi connectivity index (χ1) is 22.2. The minimum absolute atomic E-state index is 0.00389. The van der Waals surface area contributed by atoms with Gasteiger partial charge in [-0.3, -0.25) is 14.5 Å². The summed E-state index contributed by atoms with van der Waals surface area (Å²) < 4.78 is 62.6. The van der Waals surface area contributed by atoms with Crippen LogP contribution < -0.4 is 25.0 Å². The van der Waals surface area contributed by atoms with Gasteiger partial charge in [-0.15, -0.1) is 0 Å². The second kappa shape index (κ2) is 14.4. The number of nitrogens with one attached hydrogen (secondary N) is 2. The molecule has 0 saturated carbocycles. The maximum Gasteiger partial charge on any atom is 0.435 e. The molecule has 3 aromatic heterocycles. The van der Waals surface area contributed by atoms with E-state index in [2.05, 4.69) is 35.7 Å². The van der Waals surface area contributed by atoms with Gasteiger partial charge in [0.15, 0.2) is 11.5 Å². The van der Waals surface area contributed by atoms with Crippen molar-refractivity contribution in [2.45, 2.75) is 6.18 Å². The number of rotatable bonds is 12. The molecular weight excluding hydrogens is 613 g/mol. The second-order valence-corrected chi connectivity index (χ2v) is 9.82. The van der Waals surface area contributed by atoms with E-state index in [-0.39, 0.29) is 35.4 Å². The number of halogens is 3. The normalized spacial score (nSPS) is 13.7. The molecule has 4 heterocycles. The van der Waals surface area contributed by atoms with E-state index in [1.54, 1.807) is 18.2 Å². The Balaban J connectivity index is 1.46. The smallest absolute Gasteiger partial charge is 0.435 e. The Kier molecular flexibility index (Phi) is 10.1. The quantitative estimate of drug-likeness (QED) is 0.172. The number of benzene rings is 1. The number of nitrogens with zero attached hydrogens (tertiary/aromatic N) is 6. The molecule has 17 heteroatoms. The number of ether oxygens (including phenoxy) is 4. The summed E-state index contributed by atoms with van der Waals surface area (Å²) in [6.07, 6.45) is -0.808. The van der Waals surface area contributed by atoms with E-state index in [0.717, 1.165) is 30.0 Å². The lowest BCUT2D eigenvalue weighted by molar-refractivity contribution is -0.141. The molecule has 14 nitrogen and oxygen atoms in total. The van der Waals surface area contributed by atoms with Gasteiger partial charge in [0.2, 0.25) is 11.8 Å². The molecule has 1 amide bonds. The maximum absolute atomic E-state index is 13.5. The van der Waals surface area contributed by atoms with E-state index in [9.17, 15) is 18.0 Å². The number of amides is 1. The van der Waals surface area contributed by atoms with Crippen molar-refractivity contribution in [1.29, 1.82) is 0 Å². The van der Waals surface area contributed by atoms with E-state index in [1.807, 2.05) is 0 Å². The minimum Gasteiger partial charge on any atom is -0.497 e. The van der Waals surface area contributed by atoms with Crippen LogP contribution in [0.15, 0.2) is 48.9 Å². The molecule has 0 bridgehead atoms. The monoisotopic (exact) mass is 644 g/mol. The molecule has 1 aromatic carbocycles.